The molecule has 4 aromatic heterocycles. The van der Waals surface area contributed by atoms with Crippen LogP contribution in [0.25, 0.3) is 22.5 Å². The summed E-state index contributed by atoms with van der Waals surface area (Å²) in [5.74, 6) is -3.67. The minimum atomic E-state index is -4.13. The zero-order valence-corrected chi connectivity index (χ0v) is 31.3. The van der Waals surface area contributed by atoms with Crippen LogP contribution in [0.4, 0.5) is 8.78 Å². The zero-order valence-electron chi connectivity index (χ0n) is 29.7. The molecule has 18 heteroatoms. The topological polar surface area (TPSA) is 185 Å². The molecule has 0 saturated heterocycles. The minimum Gasteiger partial charge on any atom is -0.478 e. The smallest absolute Gasteiger partial charge is 0.328 e. The molecule has 2 N–H and O–H groups in total. The summed E-state index contributed by atoms with van der Waals surface area (Å²) < 4.78 is 86.7. The van der Waals surface area contributed by atoms with Crippen LogP contribution in [0.15, 0.2) is 144 Å². The van der Waals surface area contributed by atoms with Gasteiger partial charge in [0, 0.05) is 87.6 Å². The van der Waals surface area contributed by atoms with Crippen LogP contribution in [-0.2, 0) is 42.7 Å². The van der Waals surface area contributed by atoms with E-state index in [1.807, 2.05) is 0 Å². The molecule has 4 heterocycles. The fraction of sp³-hybridized carbons (Fsp3) is 0.105. The Bertz CT molecular complexity index is 2420. The van der Waals surface area contributed by atoms with Crippen LogP contribution in [0.2, 0.25) is 0 Å². The number of carbonyl (C=O) groups is 2. The molecule has 6 aromatic rings. The summed E-state index contributed by atoms with van der Waals surface area (Å²) in [6.07, 6.45) is 9.40. The van der Waals surface area contributed by atoms with Crippen LogP contribution in [0.3, 0.4) is 0 Å². The Morgan fingerprint density at radius 2 is 1.02 bits per heavy atom. The maximum Gasteiger partial charge on any atom is 0.328 e. The third-order valence-electron chi connectivity index (χ3n) is 8.14. The quantitative estimate of drug-likeness (QED) is 0.113. The highest BCUT2D eigenvalue weighted by molar-refractivity contribution is 7.90. The summed E-state index contributed by atoms with van der Waals surface area (Å²) in [5.41, 5.74) is 1.66. The highest BCUT2D eigenvalue weighted by Crippen LogP contribution is 2.31. The number of benzene rings is 2. The van der Waals surface area contributed by atoms with Crippen molar-refractivity contribution in [3.05, 3.63) is 157 Å². The highest BCUT2D eigenvalue weighted by atomic mass is 32.2. The predicted molar refractivity (Wildman–Crippen MR) is 201 cm³/mol. The summed E-state index contributed by atoms with van der Waals surface area (Å²) in [7, 11) is -4.70. The molecule has 0 fully saturated rings. The molecule has 56 heavy (non-hydrogen) atoms. The Morgan fingerprint density at radius 3 is 1.34 bits per heavy atom. The minimum absolute atomic E-state index is 0.0494. The van der Waals surface area contributed by atoms with Gasteiger partial charge in [0.15, 0.2) is 0 Å². The number of nitrogens with zero attached hydrogens (tertiary/aromatic N) is 6. The van der Waals surface area contributed by atoms with E-state index in [1.165, 1.54) is 97.8 Å². The molecule has 0 atom stereocenters. The van der Waals surface area contributed by atoms with Crippen molar-refractivity contribution in [3.63, 3.8) is 0 Å². The van der Waals surface area contributed by atoms with Crippen molar-refractivity contribution in [1.82, 2.24) is 27.9 Å². The van der Waals surface area contributed by atoms with Crippen LogP contribution >= 0.6 is 0 Å². The maximum atomic E-state index is 15.0. The predicted octanol–water partition coefficient (Wildman–Crippen LogP) is 5.36. The van der Waals surface area contributed by atoms with Crippen molar-refractivity contribution in [1.29, 1.82) is 0 Å². The number of hydrogen-bond acceptors (Lipinski definition) is 10. The maximum absolute atomic E-state index is 15.0. The van der Waals surface area contributed by atoms with Crippen molar-refractivity contribution >= 4 is 32.0 Å². The van der Waals surface area contributed by atoms with E-state index in [4.69, 9.17) is 10.2 Å². The van der Waals surface area contributed by atoms with Gasteiger partial charge in [-0.05, 0) is 71.8 Å². The summed E-state index contributed by atoms with van der Waals surface area (Å²) in [4.78, 5) is 26.9. The van der Waals surface area contributed by atoms with E-state index in [0.29, 0.717) is 23.3 Å². The number of pyridine rings is 2. The van der Waals surface area contributed by atoms with Gasteiger partial charge in [0.1, 0.15) is 21.4 Å². The normalized spacial score (nSPS) is 11.8. The molecule has 0 radical (unpaired) electrons. The fourth-order valence-electron chi connectivity index (χ4n) is 5.43. The number of hydrazine groups is 1. The molecule has 0 aliphatic rings. The summed E-state index contributed by atoms with van der Waals surface area (Å²) >= 11 is 0. The molecule has 0 aliphatic heterocycles. The first-order chi connectivity index (χ1) is 26.6. The highest BCUT2D eigenvalue weighted by Gasteiger charge is 2.26. The third kappa shape index (κ3) is 9.47. The number of hydrogen-bond donors (Lipinski definition) is 2. The van der Waals surface area contributed by atoms with Crippen LogP contribution in [0.5, 0.6) is 0 Å². The lowest BCUT2D eigenvalue weighted by Crippen LogP contribution is -2.35. The SMILES string of the molecule is CN(Cc1cc(-c2ccccc2F)n(S(=O)(=O)c2cccnc2)c1)N(C)Cc1cc(-c2ccccc2F)n(S(=O)(=O)c2cccnc2)c1.O=C(O)/C=C/C(=O)O. The largest absolute Gasteiger partial charge is 0.478 e. The number of halogens is 2. The van der Waals surface area contributed by atoms with Gasteiger partial charge in [-0.2, -0.15) is 0 Å². The number of rotatable bonds is 13. The molecule has 290 valence electrons. The molecule has 2 aromatic carbocycles. The molecule has 0 spiro atoms. The van der Waals surface area contributed by atoms with Gasteiger partial charge in [-0.3, -0.25) is 9.97 Å². The first-order valence-corrected chi connectivity index (χ1v) is 19.3. The molecule has 0 aliphatic carbocycles. The summed E-state index contributed by atoms with van der Waals surface area (Å²) in [6, 6.07) is 20.9. The Kier molecular flexibility index (Phi) is 12.7. The van der Waals surface area contributed by atoms with Crippen molar-refractivity contribution in [2.75, 3.05) is 14.1 Å². The molecule has 0 amide bonds. The summed E-state index contributed by atoms with van der Waals surface area (Å²) in [6.45, 7) is 0.421. The Labute approximate surface area is 320 Å². The first kappa shape index (κ1) is 40.8. The Hall–Kier alpha value is -6.34. The standard InChI is InChI=1S/C34H30F2N6O4S2.C4H4O4/c1-39(21-25-17-33(29-11-3-5-13-31(29)35)41(23-25)47(43,44)27-9-7-15-37-19-27)40(2)22-26-18-34(30-12-4-6-14-32(30)36)42(24-26)48(45,46)28-10-8-16-38-20-28;5-3(6)1-2-4(7)8/h3-20,23-24H,21-22H2,1-2H3;1-2H,(H,5,6)(H,7,8)/b;2-1+. The second-order valence-electron chi connectivity index (χ2n) is 12.0. The van der Waals surface area contributed by atoms with Gasteiger partial charge in [-0.1, -0.05) is 24.3 Å². The van der Waals surface area contributed by atoms with Crippen LogP contribution < -0.4 is 0 Å². The van der Waals surface area contributed by atoms with E-state index in [1.54, 1.807) is 48.4 Å². The van der Waals surface area contributed by atoms with Gasteiger partial charge in [0.05, 0.1) is 11.4 Å². The van der Waals surface area contributed by atoms with Crippen molar-refractivity contribution in [2.45, 2.75) is 22.9 Å². The number of carboxylic acids is 2. The van der Waals surface area contributed by atoms with E-state index in [0.717, 1.165) is 7.94 Å². The average Bonchev–Trinajstić information content (AvgIpc) is 3.81. The van der Waals surface area contributed by atoms with Gasteiger partial charge < -0.3 is 10.2 Å². The number of carboxylic acid groups (broad SMARTS) is 2. The van der Waals surface area contributed by atoms with E-state index in [9.17, 15) is 35.2 Å². The van der Waals surface area contributed by atoms with Crippen LogP contribution in [-0.4, -0.2) is 81.0 Å². The van der Waals surface area contributed by atoms with E-state index in [2.05, 4.69) is 9.97 Å². The molecule has 0 saturated carbocycles. The second kappa shape index (κ2) is 17.4. The van der Waals surface area contributed by atoms with Crippen molar-refractivity contribution in [3.8, 4) is 22.5 Å². The van der Waals surface area contributed by atoms with Crippen molar-refractivity contribution < 1.29 is 45.4 Å². The second-order valence-corrected chi connectivity index (χ2v) is 15.7. The van der Waals surface area contributed by atoms with Crippen LogP contribution in [0.1, 0.15) is 11.1 Å². The van der Waals surface area contributed by atoms with Crippen molar-refractivity contribution in [2.24, 2.45) is 0 Å². The number of aliphatic carboxylic acids is 2. The molecular weight excluding hydrogens is 771 g/mol. The lowest BCUT2D eigenvalue weighted by Gasteiger charge is -2.27. The lowest BCUT2D eigenvalue weighted by molar-refractivity contribution is -0.134. The van der Waals surface area contributed by atoms with Gasteiger partial charge >= 0.3 is 11.9 Å². The van der Waals surface area contributed by atoms with Gasteiger partial charge in [-0.25, -0.2) is 53.2 Å². The number of aromatic nitrogens is 4. The monoisotopic (exact) mass is 804 g/mol. The molecule has 0 unspecified atom stereocenters. The van der Waals surface area contributed by atoms with Gasteiger partial charge in [0.2, 0.25) is 0 Å². The zero-order chi connectivity index (χ0) is 40.6. The Balaban J connectivity index is 0.000000677. The first-order valence-electron chi connectivity index (χ1n) is 16.4. The van der Waals surface area contributed by atoms with E-state index >= 15 is 0 Å². The lowest BCUT2D eigenvalue weighted by atomic mass is 10.1. The van der Waals surface area contributed by atoms with E-state index in [-0.39, 0.29) is 45.4 Å². The van der Waals surface area contributed by atoms with Gasteiger partial charge in [-0.15, -0.1) is 0 Å². The van der Waals surface area contributed by atoms with Gasteiger partial charge in [0.25, 0.3) is 20.0 Å². The Morgan fingerprint density at radius 1 is 0.643 bits per heavy atom. The van der Waals surface area contributed by atoms with E-state index < -0.39 is 43.6 Å². The average molecular weight is 805 g/mol. The molecular formula is C38H34F2N6O8S2. The molecule has 0 bridgehead atoms. The molecule has 14 nitrogen and oxygen atoms in total. The van der Waals surface area contributed by atoms with Crippen LogP contribution in [0, 0.1) is 11.6 Å². The molecule has 6 rings (SSSR count). The third-order valence-corrected chi connectivity index (χ3v) is 11.5. The fourth-order valence-corrected chi connectivity index (χ4v) is 8.15. The summed E-state index contributed by atoms with van der Waals surface area (Å²) in [5, 5.41) is 19.2.